The van der Waals surface area contributed by atoms with Crippen molar-refractivity contribution in [3.8, 4) is 11.5 Å². The highest BCUT2D eigenvalue weighted by molar-refractivity contribution is 5.97. The highest BCUT2D eigenvalue weighted by Gasteiger charge is 2.17. The van der Waals surface area contributed by atoms with Crippen molar-refractivity contribution in [1.29, 1.82) is 0 Å². The first kappa shape index (κ1) is 14.6. The molecule has 19 heavy (non-hydrogen) atoms. The first-order valence-electron chi connectivity index (χ1n) is 5.76. The van der Waals surface area contributed by atoms with Gasteiger partial charge in [0.15, 0.2) is 5.84 Å². The summed E-state index contributed by atoms with van der Waals surface area (Å²) < 4.78 is 0. The second kappa shape index (κ2) is 6.48. The van der Waals surface area contributed by atoms with Gasteiger partial charge in [-0.3, -0.25) is 4.79 Å². The fraction of sp³-hybridized carbons (Fsp3) is 0.333. The molecular weight excluding hydrogens is 250 g/mol. The van der Waals surface area contributed by atoms with E-state index in [1.54, 1.807) is 0 Å². The molecule has 0 aromatic heterocycles. The minimum Gasteiger partial charge on any atom is -0.508 e. The van der Waals surface area contributed by atoms with Gasteiger partial charge in [0.25, 0.3) is 5.91 Å². The number of nitrogens with two attached hydrogens (primary N) is 1. The van der Waals surface area contributed by atoms with Crippen LogP contribution in [0.4, 0.5) is 0 Å². The van der Waals surface area contributed by atoms with Crippen molar-refractivity contribution < 1.29 is 20.2 Å². The summed E-state index contributed by atoms with van der Waals surface area (Å²) in [6, 6.07) is 3.62. The zero-order valence-corrected chi connectivity index (χ0v) is 10.6. The number of oxime groups is 1. The minimum atomic E-state index is -0.417. The number of nitrogens with zero attached hydrogens (tertiary/aromatic N) is 2. The third-order valence-electron chi connectivity index (χ3n) is 2.41. The molecule has 0 aliphatic rings. The van der Waals surface area contributed by atoms with Crippen molar-refractivity contribution in [2.45, 2.75) is 13.3 Å². The molecule has 0 saturated carbocycles. The molecule has 1 aromatic rings. The van der Waals surface area contributed by atoms with E-state index in [0.29, 0.717) is 13.0 Å². The van der Waals surface area contributed by atoms with Crippen molar-refractivity contribution in [3.05, 3.63) is 23.8 Å². The molecule has 7 heteroatoms. The van der Waals surface area contributed by atoms with Crippen molar-refractivity contribution in [1.82, 2.24) is 4.90 Å². The van der Waals surface area contributed by atoms with Crippen molar-refractivity contribution in [2.75, 3.05) is 13.1 Å². The maximum Gasteiger partial charge on any atom is 0.254 e. The summed E-state index contributed by atoms with van der Waals surface area (Å²) in [6.07, 6.45) is 0.690. The number of benzene rings is 1. The Kier molecular flexibility index (Phi) is 4.99. The molecular formula is C12H17N3O4. The Morgan fingerprint density at radius 2 is 1.89 bits per heavy atom. The molecule has 5 N–H and O–H groups in total. The molecule has 0 radical (unpaired) electrons. The Morgan fingerprint density at radius 1 is 1.32 bits per heavy atom. The summed E-state index contributed by atoms with van der Waals surface area (Å²) in [7, 11) is 0. The van der Waals surface area contributed by atoms with Gasteiger partial charge in [-0.05, 0) is 18.6 Å². The van der Waals surface area contributed by atoms with Crippen LogP contribution in [0.5, 0.6) is 11.5 Å². The lowest BCUT2D eigenvalue weighted by atomic mass is 10.1. The van der Waals surface area contributed by atoms with E-state index in [1.807, 2.05) is 6.92 Å². The third kappa shape index (κ3) is 4.06. The fourth-order valence-corrected chi connectivity index (χ4v) is 1.65. The first-order chi connectivity index (χ1) is 8.97. The molecule has 0 aliphatic heterocycles. The van der Waals surface area contributed by atoms with Crippen molar-refractivity contribution in [2.24, 2.45) is 10.9 Å². The summed E-state index contributed by atoms with van der Waals surface area (Å²) in [5.41, 5.74) is 5.52. The molecule has 0 bridgehead atoms. The van der Waals surface area contributed by atoms with E-state index < -0.39 is 5.91 Å². The second-order valence-corrected chi connectivity index (χ2v) is 4.06. The zero-order chi connectivity index (χ0) is 14.4. The molecule has 0 heterocycles. The van der Waals surface area contributed by atoms with Crippen LogP contribution in [-0.2, 0) is 0 Å². The molecule has 0 aliphatic carbocycles. The Balaban J connectivity index is 2.98. The van der Waals surface area contributed by atoms with Crippen LogP contribution in [0.1, 0.15) is 23.7 Å². The van der Waals surface area contributed by atoms with Gasteiger partial charge in [-0.1, -0.05) is 12.1 Å². The Morgan fingerprint density at radius 3 is 2.37 bits per heavy atom. The highest BCUT2D eigenvalue weighted by Crippen LogP contribution is 2.21. The smallest absolute Gasteiger partial charge is 0.254 e. The summed E-state index contributed by atoms with van der Waals surface area (Å²) in [6.45, 7) is 2.26. The summed E-state index contributed by atoms with van der Waals surface area (Å²) in [4.78, 5) is 13.6. The van der Waals surface area contributed by atoms with Gasteiger partial charge in [0.05, 0.1) is 6.54 Å². The van der Waals surface area contributed by atoms with E-state index in [4.69, 9.17) is 10.9 Å². The molecule has 7 nitrogen and oxygen atoms in total. The van der Waals surface area contributed by atoms with Gasteiger partial charge in [0.2, 0.25) is 0 Å². The van der Waals surface area contributed by atoms with Crippen molar-refractivity contribution in [3.63, 3.8) is 0 Å². The molecule has 104 valence electrons. The number of amidine groups is 1. The maximum atomic E-state index is 12.2. The molecule has 0 saturated heterocycles. The number of hydrogen-bond acceptors (Lipinski definition) is 5. The lowest BCUT2D eigenvalue weighted by Crippen LogP contribution is -2.39. The van der Waals surface area contributed by atoms with E-state index in [-0.39, 0.29) is 29.4 Å². The van der Waals surface area contributed by atoms with Crippen LogP contribution in [0.3, 0.4) is 0 Å². The van der Waals surface area contributed by atoms with Gasteiger partial charge in [0, 0.05) is 18.2 Å². The lowest BCUT2D eigenvalue weighted by molar-refractivity contribution is 0.0777. The standard InChI is InChI=1S/C12H17N3O4/c1-2-3-15(7-11(13)14-19)12(18)8-4-9(16)6-10(17)5-8/h4-6,16-17,19H,2-3,7H2,1H3,(H2,13,14). The SMILES string of the molecule is CCCN(C/C(N)=N/O)C(=O)c1cc(O)cc(O)c1. The van der Waals surface area contributed by atoms with Gasteiger partial charge in [-0.15, -0.1) is 0 Å². The summed E-state index contributed by atoms with van der Waals surface area (Å²) in [5.74, 6) is -0.919. The van der Waals surface area contributed by atoms with Gasteiger partial charge < -0.3 is 26.1 Å². The highest BCUT2D eigenvalue weighted by atomic mass is 16.4. The van der Waals surface area contributed by atoms with Crippen molar-refractivity contribution >= 4 is 11.7 Å². The number of phenolic OH excluding ortho intramolecular Hbond substituents is 2. The molecule has 0 spiro atoms. The van der Waals surface area contributed by atoms with Crippen LogP contribution < -0.4 is 5.73 Å². The number of carbonyl (C=O) groups excluding carboxylic acids is 1. The third-order valence-corrected chi connectivity index (χ3v) is 2.41. The molecule has 1 amide bonds. The number of hydrogen-bond donors (Lipinski definition) is 4. The van der Waals surface area contributed by atoms with Crippen LogP contribution in [0.25, 0.3) is 0 Å². The van der Waals surface area contributed by atoms with E-state index in [1.165, 1.54) is 17.0 Å². The van der Waals surface area contributed by atoms with Gasteiger partial charge >= 0.3 is 0 Å². The van der Waals surface area contributed by atoms with Gasteiger partial charge in [-0.2, -0.15) is 0 Å². The molecule has 0 fully saturated rings. The monoisotopic (exact) mass is 267 g/mol. The van der Waals surface area contributed by atoms with Crippen LogP contribution in [0.15, 0.2) is 23.4 Å². The maximum absolute atomic E-state index is 12.2. The molecule has 1 rings (SSSR count). The van der Waals surface area contributed by atoms with E-state index in [9.17, 15) is 15.0 Å². The topological polar surface area (TPSA) is 119 Å². The average Bonchev–Trinajstić information content (AvgIpc) is 2.36. The Bertz CT molecular complexity index is 468. The molecule has 0 unspecified atom stereocenters. The van der Waals surface area contributed by atoms with E-state index in [2.05, 4.69) is 5.16 Å². The number of amides is 1. The number of carbonyl (C=O) groups is 1. The van der Waals surface area contributed by atoms with Crippen LogP contribution in [-0.4, -0.2) is 45.2 Å². The molecule has 0 atom stereocenters. The summed E-state index contributed by atoms with van der Waals surface area (Å²) in [5, 5.41) is 30.1. The zero-order valence-electron chi connectivity index (χ0n) is 10.6. The average molecular weight is 267 g/mol. The Hall–Kier alpha value is -2.44. The van der Waals surface area contributed by atoms with Crippen LogP contribution in [0, 0.1) is 0 Å². The first-order valence-corrected chi connectivity index (χ1v) is 5.76. The summed E-state index contributed by atoms with van der Waals surface area (Å²) >= 11 is 0. The Labute approximate surface area is 110 Å². The number of phenols is 2. The molecule has 1 aromatic carbocycles. The van der Waals surface area contributed by atoms with E-state index >= 15 is 0 Å². The quantitative estimate of drug-likeness (QED) is 0.271. The second-order valence-electron chi connectivity index (χ2n) is 4.06. The minimum absolute atomic E-state index is 0.0282. The van der Waals surface area contributed by atoms with Gasteiger partial charge in [-0.25, -0.2) is 0 Å². The lowest BCUT2D eigenvalue weighted by Gasteiger charge is -2.21. The van der Waals surface area contributed by atoms with Crippen LogP contribution >= 0.6 is 0 Å². The fourth-order valence-electron chi connectivity index (χ4n) is 1.65. The van der Waals surface area contributed by atoms with Crippen LogP contribution in [0.2, 0.25) is 0 Å². The number of aromatic hydroxyl groups is 2. The number of rotatable bonds is 5. The predicted octanol–water partition coefficient (Wildman–Crippen LogP) is 0.696. The largest absolute Gasteiger partial charge is 0.508 e. The van der Waals surface area contributed by atoms with Gasteiger partial charge in [0.1, 0.15) is 11.5 Å². The normalized spacial score (nSPS) is 11.3. The predicted molar refractivity (Wildman–Crippen MR) is 69.4 cm³/mol. The van der Waals surface area contributed by atoms with E-state index in [0.717, 1.165) is 6.07 Å².